The summed E-state index contributed by atoms with van der Waals surface area (Å²) in [7, 11) is 0. The zero-order valence-corrected chi connectivity index (χ0v) is 10.6. The average molecular weight is 271 g/mol. The third kappa shape index (κ3) is 2.38. The Labute approximate surface area is 112 Å². The highest BCUT2D eigenvalue weighted by atomic mass is 32.1. The molecule has 3 aromatic rings. The number of fused-ring (bicyclic) bond motifs is 1. The van der Waals surface area contributed by atoms with Gasteiger partial charge in [-0.3, -0.25) is 10.1 Å². The number of nitrogens with one attached hydrogen (secondary N) is 1. The summed E-state index contributed by atoms with van der Waals surface area (Å²) in [5, 5.41) is 14.5. The minimum atomic E-state index is -0.413. The van der Waals surface area contributed by atoms with Crippen LogP contribution in [0.4, 0.5) is 16.5 Å². The maximum absolute atomic E-state index is 10.7. The lowest BCUT2D eigenvalue weighted by Gasteiger charge is -2.01. The summed E-state index contributed by atoms with van der Waals surface area (Å²) in [6, 6.07) is 14.2. The van der Waals surface area contributed by atoms with Gasteiger partial charge in [0.1, 0.15) is 0 Å². The average Bonchev–Trinajstić information content (AvgIpc) is 2.81. The Morgan fingerprint density at radius 2 is 2.00 bits per heavy atom. The summed E-state index contributed by atoms with van der Waals surface area (Å²) in [4.78, 5) is 14.7. The van der Waals surface area contributed by atoms with Crippen LogP contribution in [0.3, 0.4) is 0 Å². The first kappa shape index (κ1) is 11.6. The predicted molar refractivity (Wildman–Crippen MR) is 76.0 cm³/mol. The van der Waals surface area contributed by atoms with Gasteiger partial charge in [0, 0.05) is 17.8 Å². The first-order chi connectivity index (χ1) is 9.22. The normalized spacial score (nSPS) is 10.5. The number of benzene rings is 2. The van der Waals surface area contributed by atoms with Gasteiger partial charge in [-0.1, -0.05) is 29.5 Å². The van der Waals surface area contributed by atoms with Crippen molar-refractivity contribution < 1.29 is 4.92 Å². The van der Waals surface area contributed by atoms with Crippen molar-refractivity contribution in [3.63, 3.8) is 0 Å². The molecule has 1 N–H and O–H groups in total. The highest BCUT2D eigenvalue weighted by molar-refractivity contribution is 7.22. The second-order valence-corrected chi connectivity index (χ2v) is 4.95. The van der Waals surface area contributed by atoms with Gasteiger partial charge >= 0.3 is 0 Å². The van der Waals surface area contributed by atoms with Crippen LogP contribution >= 0.6 is 11.3 Å². The molecule has 0 aliphatic carbocycles. The zero-order chi connectivity index (χ0) is 13.2. The van der Waals surface area contributed by atoms with Crippen LogP contribution in [0.25, 0.3) is 10.2 Å². The van der Waals surface area contributed by atoms with Crippen molar-refractivity contribution in [1.82, 2.24) is 4.98 Å². The molecule has 19 heavy (non-hydrogen) atoms. The van der Waals surface area contributed by atoms with Crippen molar-refractivity contribution >= 4 is 38.1 Å². The maximum Gasteiger partial charge on any atom is 0.271 e. The number of aromatic nitrogens is 1. The fourth-order valence-corrected chi connectivity index (χ4v) is 2.63. The van der Waals surface area contributed by atoms with Gasteiger partial charge in [-0.15, -0.1) is 0 Å². The highest BCUT2D eigenvalue weighted by Crippen LogP contribution is 2.28. The number of hydrogen-bond acceptors (Lipinski definition) is 5. The lowest BCUT2D eigenvalue weighted by atomic mass is 10.3. The summed E-state index contributed by atoms with van der Waals surface area (Å²) in [5.41, 5.74) is 1.64. The second kappa shape index (κ2) is 4.66. The fourth-order valence-electron chi connectivity index (χ4n) is 1.75. The topological polar surface area (TPSA) is 68.1 Å². The fraction of sp³-hybridized carbons (Fsp3) is 0. The van der Waals surface area contributed by atoms with E-state index in [0.717, 1.165) is 15.3 Å². The lowest BCUT2D eigenvalue weighted by molar-refractivity contribution is -0.384. The Morgan fingerprint density at radius 1 is 1.16 bits per heavy atom. The quantitative estimate of drug-likeness (QED) is 0.578. The molecule has 2 aromatic carbocycles. The number of nitro benzene ring substituents is 1. The molecule has 5 nitrogen and oxygen atoms in total. The van der Waals surface area contributed by atoms with Gasteiger partial charge < -0.3 is 5.32 Å². The summed E-state index contributed by atoms with van der Waals surface area (Å²) in [6.45, 7) is 0. The molecule has 6 heteroatoms. The molecule has 0 atom stereocenters. The van der Waals surface area contributed by atoms with Crippen molar-refractivity contribution in [2.24, 2.45) is 0 Å². The zero-order valence-electron chi connectivity index (χ0n) is 9.74. The monoisotopic (exact) mass is 271 g/mol. The van der Waals surface area contributed by atoms with Crippen LogP contribution in [-0.2, 0) is 0 Å². The molecule has 1 aromatic heterocycles. The van der Waals surface area contributed by atoms with Gasteiger partial charge in [0.05, 0.1) is 15.1 Å². The molecule has 0 bridgehead atoms. The van der Waals surface area contributed by atoms with E-state index in [9.17, 15) is 10.1 Å². The van der Waals surface area contributed by atoms with E-state index in [1.807, 2.05) is 24.3 Å². The summed E-state index contributed by atoms with van der Waals surface area (Å²) >= 11 is 1.51. The Balaban J connectivity index is 1.92. The van der Waals surface area contributed by atoms with Gasteiger partial charge in [-0.2, -0.15) is 0 Å². The first-order valence-corrected chi connectivity index (χ1v) is 6.41. The van der Waals surface area contributed by atoms with Crippen LogP contribution < -0.4 is 5.32 Å². The minimum Gasteiger partial charge on any atom is -0.331 e. The number of para-hydroxylation sites is 1. The van der Waals surface area contributed by atoms with Crippen LogP contribution in [0.15, 0.2) is 48.5 Å². The molecule has 94 valence electrons. The van der Waals surface area contributed by atoms with Crippen molar-refractivity contribution in [3.8, 4) is 0 Å². The highest BCUT2D eigenvalue weighted by Gasteiger charge is 2.07. The summed E-state index contributed by atoms with van der Waals surface area (Å²) in [6.07, 6.45) is 0. The second-order valence-electron chi connectivity index (χ2n) is 3.92. The SMILES string of the molecule is O=[N+]([O-])c1cccc(Nc2nc3ccccc3s2)c1. The Morgan fingerprint density at radius 3 is 2.79 bits per heavy atom. The van der Waals surface area contributed by atoms with E-state index in [1.54, 1.807) is 12.1 Å². The molecule has 0 fully saturated rings. The van der Waals surface area contributed by atoms with E-state index < -0.39 is 4.92 Å². The molecule has 3 rings (SSSR count). The van der Waals surface area contributed by atoms with E-state index in [2.05, 4.69) is 10.3 Å². The molecule has 0 saturated carbocycles. The number of rotatable bonds is 3. The molecule has 0 unspecified atom stereocenters. The van der Waals surface area contributed by atoms with Gasteiger partial charge in [0.2, 0.25) is 0 Å². The van der Waals surface area contributed by atoms with E-state index in [1.165, 1.54) is 23.5 Å². The van der Waals surface area contributed by atoms with Crippen LogP contribution in [0.5, 0.6) is 0 Å². The Kier molecular flexibility index (Phi) is 2.85. The Hall–Kier alpha value is -2.47. The number of thiazole rings is 1. The number of nitro groups is 1. The molecule has 0 aliphatic heterocycles. The predicted octanol–water partition coefficient (Wildman–Crippen LogP) is 3.95. The maximum atomic E-state index is 10.7. The molecule has 0 radical (unpaired) electrons. The first-order valence-electron chi connectivity index (χ1n) is 5.59. The molecule has 0 amide bonds. The van der Waals surface area contributed by atoms with Crippen LogP contribution in [-0.4, -0.2) is 9.91 Å². The third-order valence-electron chi connectivity index (χ3n) is 2.60. The number of anilines is 2. The summed E-state index contributed by atoms with van der Waals surface area (Å²) in [5.74, 6) is 0. The van der Waals surface area contributed by atoms with E-state index in [4.69, 9.17) is 0 Å². The molecular weight excluding hydrogens is 262 g/mol. The van der Waals surface area contributed by atoms with E-state index >= 15 is 0 Å². The van der Waals surface area contributed by atoms with Crippen molar-refractivity contribution in [2.45, 2.75) is 0 Å². The molecule has 0 aliphatic rings. The van der Waals surface area contributed by atoms with Gasteiger partial charge in [0.15, 0.2) is 5.13 Å². The van der Waals surface area contributed by atoms with Crippen molar-refractivity contribution in [3.05, 3.63) is 58.6 Å². The van der Waals surface area contributed by atoms with Crippen molar-refractivity contribution in [2.75, 3.05) is 5.32 Å². The third-order valence-corrected chi connectivity index (χ3v) is 3.55. The van der Waals surface area contributed by atoms with Gasteiger partial charge in [-0.25, -0.2) is 4.98 Å². The largest absolute Gasteiger partial charge is 0.331 e. The lowest BCUT2D eigenvalue weighted by Crippen LogP contribution is -1.92. The van der Waals surface area contributed by atoms with Crippen molar-refractivity contribution in [1.29, 1.82) is 0 Å². The number of nitrogens with zero attached hydrogens (tertiary/aromatic N) is 2. The molecular formula is C13H9N3O2S. The molecule has 0 spiro atoms. The van der Waals surface area contributed by atoms with Gasteiger partial charge in [0.25, 0.3) is 5.69 Å². The van der Waals surface area contributed by atoms with Gasteiger partial charge in [-0.05, 0) is 18.2 Å². The van der Waals surface area contributed by atoms with E-state index in [0.29, 0.717) is 5.69 Å². The van der Waals surface area contributed by atoms with Crippen LogP contribution in [0.1, 0.15) is 0 Å². The molecule has 1 heterocycles. The number of hydrogen-bond donors (Lipinski definition) is 1. The minimum absolute atomic E-state index is 0.0612. The number of non-ortho nitro benzene ring substituents is 1. The standard InChI is InChI=1S/C13H9N3O2S/c17-16(18)10-5-3-4-9(8-10)14-13-15-11-6-1-2-7-12(11)19-13/h1-8H,(H,14,15). The summed E-state index contributed by atoms with van der Waals surface area (Å²) < 4.78 is 1.08. The Bertz CT molecular complexity index is 721. The molecule has 0 saturated heterocycles. The van der Waals surface area contributed by atoms with Crippen LogP contribution in [0, 0.1) is 10.1 Å². The van der Waals surface area contributed by atoms with Crippen LogP contribution in [0.2, 0.25) is 0 Å². The van der Waals surface area contributed by atoms with E-state index in [-0.39, 0.29) is 5.69 Å². The smallest absolute Gasteiger partial charge is 0.271 e.